The second-order valence-corrected chi connectivity index (χ2v) is 9.05. The Hall–Kier alpha value is -3.45. The highest BCUT2D eigenvalue weighted by Gasteiger charge is 2.17. The SMILES string of the molecule is C/C(=N/NC(=O)c1ccc(C(=O)O)cc1)c1csc(-c2ccc(C(C)(C)C)cc2)c1O. The molecule has 6 nitrogen and oxygen atoms in total. The second-order valence-electron chi connectivity index (χ2n) is 8.18. The molecule has 0 atom stereocenters. The van der Waals surface area contributed by atoms with Gasteiger partial charge in [0.25, 0.3) is 5.91 Å². The van der Waals surface area contributed by atoms with Crippen LogP contribution in [-0.2, 0) is 5.41 Å². The summed E-state index contributed by atoms with van der Waals surface area (Å²) < 4.78 is 0. The van der Waals surface area contributed by atoms with E-state index in [4.69, 9.17) is 5.11 Å². The Bertz CT molecular complexity index is 1140. The minimum atomic E-state index is -1.06. The monoisotopic (exact) mass is 436 g/mol. The molecule has 0 spiro atoms. The van der Waals surface area contributed by atoms with Crippen LogP contribution in [0, 0.1) is 0 Å². The lowest BCUT2D eigenvalue weighted by atomic mass is 9.86. The van der Waals surface area contributed by atoms with Gasteiger partial charge in [0.2, 0.25) is 0 Å². The van der Waals surface area contributed by atoms with Crippen LogP contribution < -0.4 is 5.43 Å². The summed E-state index contributed by atoms with van der Waals surface area (Å²) >= 11 is 1.41. The van der Waals surface area contributed by atoms with E-state index in [1.807, 2.05) is 12.1 Å². The van der Waals surface area contributed by atoms with Crippen LogP contribution in [0.5, 0.6) is 5.75 Å². The number of carbonyl (C=O) groups excluding carboxylic acids is 1. The van der Waals surface area contributed by atoms with E-state index in [1.165, 1.54) is 41.2 Å². The van der Waals surface area contributed by atoms with Crippen molar-refractivity contribution in [3.8, 4) is 16.2 Å². The van der Waals surface area contributed by atoms with Crippen LogP contribution in [0.4, 0.5) is 0 Å². The van der Waals surface area contributed by atoms with E-state index < -0.39 is 11.9 Å². The van der Waals surface area contributed by atoms with Gasteiger partial charge in [-0.25, -0.2) is 10.2 Å². The molecule has 0 aliphatic heterocycles. The molecule has 0 aliphatic rings. The predicted molar refractivity (Wildman–Crippen MR) is 123 cm³/mol. The Morgan fingerprint density at radius 1 is 0.968 bits per heavy atom. The number of carbonyl (C=O) groups is 2. The van der Waals surface area contributed by atoms with Crippen LogP contribution in [0.25, 0.3) is 10.4 Å². The number of aromatic carboxylic acids is 1. The number of thiophene rings is 1. The zero-order valence-electron chi connectivity index (χ0n) is 17.8. The zero-order chi connectivity index (χ0) is 22.8. The van der Waals surface area contributed by atoms with Crippen molar-refractivity contribution in [2.75, 3.05) is 0 Å². The normalized spacial score (nSPS) is 11.9. The van der Waals surface area contributed by atoms with Crippen LogP contribution in [0.1, 0.15) is 59.5 Å². The Morgan fingerprint density at radius 3 is 2.10 bits per heavy atom. The number of rotatable bonds is 5. The fourth-order valence-corrected chi connectivity index (χ4v) is 3.97. The van der Waals surface area contributed by atoms with Gasteiger partial charge in [0.1, 0.15) is 5.75 Å². The average molecular weight is 437 g/mol. The number of hydrogen-bond acceptors (Lipinski definition) is 5. The lowest BCUT2D eigenvalue weighted by molar-refractivity contribution is 0.0696. The van der Waals surface area contributed by atoms with Crippen LogP contribution in [0.15, 0.2) is 59.0 Å². The molecular formula is C24H24N2O4S. The highest BCUT2D eigenvalue weighted by Crippen LogP contribution is 2.39. The van der Waals surface area contributed by atoms with Gasteiger partial charge in [0.15, 0.2) is 0 Å². The molecule has 0 radical (unpaired) electrons. The first kappa shape index (κ1) is 22.2. The summed E-state index contributed by atoms with van der Waals surface area (Å²) in [6.45, 7) is 8.15. The fraction of sp³-hybridized carbons (Fsp3) is 0.208. The molecule has 3 N–H and O–H groups in total. The molecule has 1 aromatic heterocycles. The van der Waals surface area contributed by atoms with Gasteiger partial charge in [-0.05, 0) is 47.7 Å². The Kier molecular flexibility index (Phi) is 6.27. The molecule has 160 valence electrons. The minimum absolute atomic E-state index is 0.0522. The summed E-state index contributed by atoms with van der Waals surface area (Å²) in [6.07, 6.45) is 0. The maximum atomic E-state index is 12.3. The molecule has 3 rings (SSSR count). The van der Waals surface area contributed by atoms with Gasteiger partial charge < -0.3 is 10.2 Å². The van der Waals surface area contributed by atoms with Crippen molar-refractivity contribution in [2.24, 2.45) is 5.10 Å². The summed E-state index contributed by atoms with van der Waals surface area (Å²) in [4.78, 5) is 23.9. The molecule has 3 aromatic rings. The fourth-order valence-electron chi connectivity index (χ4n) is 2.96. The number of nitrogens with zero attached hydrogens (tertiary/aromatic N) is 1. The highest BCUT2D eigenvalue weighted by atomic mass is 32.1. The van der Waals surface area contributed by atoms with Gasteiger partial charge >= 0.3 is 5.97 Å². The summed E-state index contributed by atoms with van der Waals surface area (Å²) in [5.41, 5.74) is 6.01. The lowest BCUT2D eigenvalue weighted by Gasteiger charge is -2.19. The van der Waals surface area contributed by atoms with E-state index in [-0.39, 0.29) is 22.3 Å². The number of carboxylic acid groups (broad SMARTS) is 1. The summed E-state index contributed by atoms with van der Waals surface area (Å²) in [6, 6.07) is 13.7. The second kappa shape index (κ2) is 8.73. The largest absolute Gasteiger partial charge is 0.506 e. The van der Waals surface area contributed by atoms with Crippen molar-refractivity contribution < 1.29 is 19.8 Å². The first-order valence-corrected chi connectivity index (χ1v) is 10.6. The molecule has 0 unspecified atom stereocenters. The first-order valence-electron chi connectivity index (χ1n) is 9.67. The summed E-state index contributed by atoms with van der Waals surface area (Å²) in [7, 11) is 0. The van der Waals surface area contributed by atoms with Crippen LogP contribution in [0.3, 0.4) is 0 Å². The number of hydrogen-bond donors (Lipinski definition) is 3. The average Bonchev–Trinajstić information content (AvgIpc) is 3.12. The Labute approximate surface area is 184 Å². The summed E-state index contributed by atoms with van der Waals surface area (Å²) in [5, 5.41) is 25.5. The van der Waals surface area contributed by atoms with Gasteiger partial charge in [0, 0.05) is 10.9 Å². The molecule has 0 saturated heterocycles. The van der Waals surface area contributed by atoms with Crippen molar-refractivity contribution in [3.05, 3.63) is 76.2 Å². The van der Waals surface area contributed by atoms with Crippen LogP contribution in [0.2, 0.25) is 0 Å². The van der Waals surface area contributed by atoms with Crippen molar-refractivity contribution in [1.29, 1.82) is 0 Å². The molecular weight excluding hydrogens is 412 g/mol. The third-order valence-corrected chi connectivity index (χ3v) is 5.91. The number of hydrazone groups is 1. The topological polar surface area (TPSA) is 99.0 Å². The Balaban J connectivity index is 1.76. The maximum Gasteiger partial charge on any atom is 0.335 e. The molecule has 7 heteroatoms. The van der Waals surface area contributed by atoms with E-state index in [9.17, 15) is 14.7 Å². The van der Waals surface area contributed by atoms with E-state index in [0.717, 1.165) is 10.4 Å². The molecule has 0 saturated carbocycles. The van der Waals surface area contributed by atoms with E-state index in [2.05, 4.69) is 43.4 Å². The smallest absolute Gasteiger partial charge is 0.335 e. The first-order chi connectivity index (χ1) is 14.6. The quantitative estimate of drug-likeness (QED) is 0.375. The van der Waals surface area contributed by atoms with Crippen LogP contribution >= 0.6 is 11.3 Å². The van der Waals surface area contributed by atoms with E-state index in [1.54, 1.807) is 12.3 Å². The minimum Gasteiger partial charge on any atom is -0.506 e. The number of aromatic hydroxyl groups is 1. The van der Waals surface area contributed by atoms with Gasteiger partial charge in [0.05, 0.1) is 21.7 Å². The summed E-state index contributed by atoms with van der Waals surface area (Å²) in [5.74, 6) is -1.41. The van der Waals surface area contributed by atoms with E-state index >= 15 is 0 Å². The molecule has 1 heterocycles. The number of amides is 1. The third-order valence-electron chi connectivity index (χ3n) is 4.89. The number of benzene rings is 2. The van der Waals surface area contributed by atoms with Crippen molar-refractivity contribution in [3.63, 3.8) is 0 Å². The highest BCUT2D eigenvalue weighted by molar-refractivity contribution is 7.14. The molecule has 1 amide bonds. The van der Waals surface area contributed by atoms with Crippen molar-refractivity contribution in [1.82, 2.24) is 5.43 Å². The van der Waals surface area contributed by atoms with Crippen molar-refractivity contribution in [2.45, 2.75) is 33.1 Å². The zero-order valence-corrected chi connectivity index (χ0v) is 18.6. The molecule has 2 aromatic carbocycles. The number of carboxylic acids is 1. The van der Waals surface area contributed by atoms with E-state index in [0.29, 0.717) is 11.3 Å². The molecule has 0 fully saturated rings. The van der Waals surface area contributed by atoms with Gasteiger partial charge in [-0.2, -0.15) is 5.10 Å². The van der Waals surface area contributed by atoms with Gasteiger partial charge in [-0.3, -0.25) is 4.79 Å². The van der Waals surface area contributed by atoms with Gasteiger partial charge in [-0.15, -0.1) is 11.3 Å². The number of nitrogens with one attached hydrogen (secondary N) is 1. The maximum absolute atomic E-state index is 12.3. The molecule has 31 heavy (non-hydrogen) atoms. The van der Waals surface area contributed by atoms with Gasteiger partial charge in [-0.1, -0.05) is 45.0 Å². The molecule has 0 aliphatic carbocycles. The standard InChI is InChI=1S/C24H24N2O4S/c1-14(25-26-22(28)16-5-7-17(8-6-16)23(29)30)19-13-31-21(20(19)27)15-9-11-18(12-10-15)24(2,3)4/h5-13,27H,1-4H3,(H,26,28)(H,29,30)/b25-14-. The Morgan fingerprint density at radius 2 is 1.55 bits per heavy atom. The molecule has 0 bridgehead atoms. The van der Waals surface area contributed by atoms with Crippen LogP contribution in [-0.4, -0.2) is 27.8 Å². The third kappa shape index (κ3) is 5.00. The van der Waals surface area contributed by atoms with Crippen molar-refractivity contribution >= 4 is 28.9 Å². The lowest BCUT2D eigenvalue weighted by Crippen LogP contribution is -2.19. The predicted octanol–water partition coefficient (Wildman–Crippen LogP) is 5.27.